The number of anilines is 2. The first kappa shape index (κ1) is 21.2. The zero-order chi connectivity index (χ0) is 22.2. The lowest BCUT2D eigenvalue weighted by molar-refractivity contribution is -0.113. The highest BCUT2D eigenvalue weighted by Gasteiger charge is 2.34. The van der Waals surface area contributed by atoms with Crippen molar-refractivity contribution in [3.63, 3.8) is 0 Å². The standard InChI is InChI=1S/C22H24FN5O3S/c23-16-3-1-2-14-15(16)8-12(20(14)24)9-25-7-6-13-10-28(22(30)31-13)18-5-4-17-21(26-18)27-19(29)11-32-17/h1-5,12-13,20,25H,6-11,24H2,(H,26,27,29). The first-order valence-electron chi connectivity index (χ1n) is 10.6. The fourth-order valence-corrected chi connectivity index (χ4v) is 5.21. The van der Waals surface area contributed by atoms with Gasteiger partial charge < -0.3 is 21.1 Å². The SMILES string of the molecule is NC1c2cccc(F)c2CC1CNCCC1CN(c2ccc3c(n2)NC(=O)CS3)C(=O)O1. The number of rotatable bonds is 6. The van der Waals surface area contributed by atoms with E-state index in [0.717, 1.165) is 16.0 Å². The number of benzene rings is 1. The van der Waals surface area contributed by atoms with Crippen LogP contribution in [0.15, 0.2) is 35.2 Å². The Kier molecular flexibility index (Phi) is 5.75. The molecule has 1 aromatic carbocycles. The first-order chi connectivity index (χ1) is 15.5. The van der Waals surface area contributed by atoms with Crippen molar-refractivity contribution in [1.29, 1.82) is 0 Å². The molecule has 3 unspecified atom stereocenters. The molecule has 1 aromatic heterocycles. The summed E-state index contributed by atoms with van der Waals surface area (Å²) in [4.78, 5) is 30.8. The molecule has 0 saturated carbocycles. The minimum Gasteiger partial charge on any atom is -0.444 e. The van der Waals surface area contributed by atoms with E-state index >= 15 is 0 Å². The topological polar surface area (TPSA) is 110 Å². The highest BCUT2D eigenvalue weighted by molar-refractivity contribution is 8.00. The maximum absolute atomic E-state index is 14.0. The van der Waals surface area contributed by atoms with Crippen LogP contribution in [-0.2, 0) is 16.0 Å². The molecule has 32 heavy (non-hydrogen) atoms. The molecule has 10 heteroatoms. The molecule has 4 N–H and O–H groups in total. The molecule has 3 aliphatic rings. The Morgan fingerprint density at radius 1 is 1.31 bits per heavy atom. The van der Waals surface area contributed by atoms with E-state index in [-0.39, 0.29) is 29.8 Å². The van der Waals surface area contributed by atoms with Crippen LogP contribution in [0.25, 0.3) is 0 Å². The van der Waals surface area contributed by atoms with Crippen LogP contribution in [0.4, 0.5) is 20.8 Å². The smallest absolute Gasteiger partial charge is 0.415 e. The summed E-state index contributed by atoms with van der Waals surface area (Å²) in [6.07, 6.45) is 0.564. The van der Waals surface area contributed by atoms with Gasteiger partial charge in [0, 0.05) is 12.6 Å². The minimum atomic E-state index is -0.444. The summed E-state index contributed by atoms with van der Waals surface area (Å²) in [6.45, 7) is 1.72. The van der Waals surface area contributed by atoms with Gasteiger partial charge in [-0.1, -0.05) is 12.1 Å². The molecule has 2 amide bonds. The number of aromatic nitrogens is 1. The first-order valence-corrected chi connectivity index (χ1v) is 11.6. The van der Waals surface area contributed by atoms with Gasteiger partial charge in [-0.2, -0.15) is 0 Å². The van der Waals surface area contributed by atoms with Crippen molar-refractivity contribution in [2.75, 3.05) is 35.6 Å². The van der Waals surface area contributed by atoms with E-state index in [2.05, 4.69) is 15.6 Å². The highest BCUT2D eigenvalue weighted by Crippen LogP contribution is 2.35. The van der Waals surface area contributed by atoms with Crippen LogP contribution in [0.3, 0.4) is 0 Å². The third-order valence-electron chi connectivity index (χ3n) is 6.15. The molecular weight excluding hydrogens is 433 g/mol. The van der Waals surface area contributed by atoms with Gasteiger partial charge in [-0.15, -0.1) is 11.8 Å². The van der Waals surface area contributed by atoms with Crippen molar-refractivity contribution in [3.8, 4) is 0 Å². The van der Waals surface area contributed by atoms with Crippen LogP contribution in [0.1, 0.15) is 23.6 Å². The second kappa shape index (κ2) is 8.68. The Hall–Kier alpha value is -2.69. The predicted molar refractivity (Wildman–Crippen MR) is 119 cm³/mol. The lowest BCUT2D eigenvalue weighted by Gasteiger charge is -2.18. The normalized spacial score (nSPS) is 24.2. The zero-order valence-electron chi connectivity index (χ0n) is 17.3. The van der Waals surface area contributed by atoms with Crippen LogP contribution in [-0.4, -0.2) is 48.5 Å². The van der Waals surface area contributed by atoms with E-state index in [0.29, 0.717) is 49.9 Å². The lowest BCUT2D eigenvalue weighted by atomic mass is 10.0. The number of halogens is 1. The molecule has 3 atom stereocenters. The number of nitrogens with zero attached hydrogens (tertiary/aromatic N) is 2. The number of nitrogens with one attached hydrogen (secondary N) is 2. The average Bonchev–Trinajstić information content (AvgIpc) is 3.31. The van der Waals surface area contributed by atoms with Crippen molar-refractivity contribution < 1.29 is 18.7 Å². The summed E-state index contributed by atoms with van der Waals surface area (Å²) in [5.41, 5.74) is 7.92. The summed E-state index contributed by atoms with van der Waals surface area (Å²) in [5, 5.41) is 6.11. The van der Waals surface area contributed by atoms with Crippen LogP contribution < -0.4 is 21.3 Å². The Labute approximate surface area is 189 Å². The summed E-state index contributed by atoms with van der Waals surface area (Å²) in [6, 6.07) is 8.52. The molecule has 0 spiro atoms. The van der Waals surface area contributed by atoms with E-state index in [9.17, 15) is 14.0 Å². The van der Waals surface area contributed by atoms with Crippen LogP contribution in [0.5, 0.6) is 0 Å². The van der Waals surface area contributed by atoms with Crippen molar-refractivity contribution in [2.45, 2.75) is 29.9 Å². The van der Waals surface area contributed by atoms with Gasteiger partial charge in [-0.05, 0) is 54.6 Å². The number of thioether (sulfide) groups is 1. The van der Waals surface area contributed by atoms with Crippen molar-refractivity contribution in [2.24, 2.45) is 11.7 Å². The van der Waals surface area contributed by atoms with E-state index < -0.39 is 6.09 Å². The second-order valence-electron chi connectivity index (χ2n) is 8.26. The molecule has 1 fully saturated rings. The number of fused-ring (bicyclic) bond motifs is 2. The minimum absolute atomic E-state index is 0.104. The number of carbonyl (C=O) groups is 2. The maximum Gasteiger partial charge on any atom is 0.415 e. The van der Waals surface area contributed by atoms with Crippen LogP contribution >= 0.6 is 11.8 Å². The van der Waals surface area contributed by atoms with Crippen molar-refractivity contribution in [1.82, 2.24) is 10.3 Å². The quantitative estimate of drug-likeness (QED) is 0.572. The lowest BCUT2D eigenvalue weighted by Crippen LogP contribution is -2.31. The second-order valence-corrected chi connectivity index (χ2v) is 9.28. The highest BCUT2D eigenvalue weighted by atomic mass is 32.2. The van der Waals surface area contributed by atoms with Gasteiger partial charge >= 0.3 is 6.09 Å². The van der Waals surface area contributed by atoms with Crippen LogP contribution in [0.2, 0.25) is 0 Å². The number of hydrogen-bond donors (Lipinski definition) is 3. The Morgan fingerprint density at radius 2 is 2.19 bits per heavy atom. The number of ether oxygens (including phenoxy) is 1. The number of cyclic esters (lactones) is 1. The number of hydrogen-bond acceptors (Lipinski definition) is 7. The monoisotopic (exact) mass is 457 g/mol. The molecule has 1 saturated heterocycles. The molecule has 2 aliphatic heterocycles. The molecular formula is C22H24FN5O3S. The van der Waals surface area contributed by atoms with Gasteiger partial charge in [0.15, 0.2) is 0 Å². The molecule has 3 heterocycles. The van der Waals surface area contributed by atoms with Gasteiger partial charge in [0.25, 0.3) is 0 Å². The van der Waals surface area contributed by atoms with E-state index in [1.54, 1.807) is 12.1 Å². The van der Waals surface area contributed by atoms with Crippen molar-refractivity contribution in [3.05, 3.63) is 47.3 Å². The molecule has 0 bridgehead atoms. The van der Waals surface area contributed by atoms with Crippen LogP contribution in [0, 0.1) is 11.7 Å². The van der Waals surface area contributed by atoms with Gasteiger partial charge in [-0.25, -0.2) is 14.2 Å². The zero-order valence-corrected chi connectivity index (χ0v) is 18.2. The molecule has 5 rings (SSSR count). The molecule has 168 valence electrons. The molecule has 0 radical (unpaired) electrons. The van der Waals surface area contributed by atoms with Crippen molar-refractivity contribution >= 4 is 35.4 Å². The largest absolute Gasteiger partial charge is 0.444 e. The molecule has 2 aromatic rings. The summed E-state index contributed by atoms with van der Waals surface area (Å²) >= 11 is 1.42. The number of carbonyl (C=O) groups excluding carboxylic acids is 2. The van der Waals surface area contributed by atoms with E-state index in [4.69, 9.17) is 10.5 Å². The summed E-state index contributed by atoms with van der Waals surface area (Å²) in [7, 11) is 0. The Morgan fingerprint density at radius 3 is 3.03 bits per heavy atom. The maximum atomic E-state index is 14.0. The van der Waals surface area contributed by atoms with E-state index in [1.165, 1.54) is 22.7 Å². The fourth-order valence-electron chi connectivity index (χ4n) is 4.46. The Balaban J connectivity index is 1.12. The number of nitrogens with two attached hydrogens (primary N) is 1. The predicted octanol–water partition coefficient (Wildman–Crippen LogP) is 2.44. The van der Waals surface area contributed by atoms with Gasteiger partial charge in [0.1, 0.15) is 23.6 Å². The third-order valence-corrected chi connectivity index (χ3v) is 7.20. The average molecular weight is 458 g/mol. The number of amides is 2. The fraction of sp³-hybridized carbons (Fsp3) is 0.409. The van der Waals surface area contributed by atoms with Gasteiger partial charge in [0.05, 0.1) is 17.2 Å². The molecule has 8 nitrogen and oxygen atoms in total. The third kappa shape index (κ3) is 4.05. The van der Waals surface area contributed by atoms with E-state index in [1.807, 2.05) is 12.1 Å². The summed E-state index contributed by atoms with van der Waals surface area (Å²) < 4.78 is 19.5. The molecule has 1 aliphatic carbocycles. The van der Waals surface area contributed by atoms with Gasteiger partial charge in [-0.3, -0.25) is 9.69 Å². The number of pyridine rings is 1. The Bertz CT molecular complexity index is 1070. The van der Waals surface area contributed by atoms with Gasteiger partial charge in [0.2, 0.25) is 5.91 Å². The summed E-state index contributed by atoms with van der Waals surface area (Å²) in [5.74, 6) is 1.15.